The lowest BCUT2D eigenvalue weighted by molar-refractivity contribution is -0.113. The molecule has 0 aromatic rings. The van der Waals surface area contributed by atoms with Gasteiger partial charge in [-0.25, -0.2) is 0 Å². The second kappa shape index (κ2) is 12.7. The van der Waals surface area contributed by atoms with Crippen LogP contribution >= 0.6 is 0 Å². The molecule has 1 amide bonds. The molecule has 0 rings (SSSR count). The molecular formula is C7H15NO4. The number of aldehydes is 1. The van der Waals surface area contributed by atoms with E-state index in [1.807, 2.05) is 6.92 Å². The van der Waals surface area contributed by atoms with Gasteiger partial charge in [0.2, 0.25) is 6.41 Å². The zero-order chi connectivity index (χ0) is 9.82. The van der Waals surface area contributed by atoms with Crippen LogP contribution in [0.15, 0.2) is 0 Å². The third kappa shape index (κ3) is 16.0. The minimum atomic E-state index is -0.0648. The van der Waals surface area contributed by atoms with E-state index in [1.54, 1.807) is 14.2 Å². The molecule has 0 radical (unpaired) electrons. The van der Waals surface area contributed by atoms with Crippen LogP contribution in [0.25, 0.3) is 0 Å². The van der Waals surface area contributed by atoms with E-state index in [2.05, 4.69) is 14.8 Å². The van der Waals surface area contributed by atoms with Gasteiger partial charge in [0.25, 0.3) is 0 Å². The molecule has 0 aromatic carbocycles. The maximum absolute atomic E-state index is 9.34. The van der Waals surface area contributed by atoms with Gasteiger partial charge in [0, 0.05) is 14.2 Å². The van der Waals surface area contributed by atoms with Gasteiger partial charge in [-0.3, -0.25) is 4.79 Å². The molecule has 0 aromatic heterocycles. The quantitative estimate of drug-likeness (QED) is 0.351. The number of methoxy groups -OCH3 is 2. The number of amides is 1. The Labute approximate surface area is 72.0 Å². The Morgan fingerprint density at radius 3 is 1.92 bits per heavy atom. The maximum Gasteiger partial charge on any atom is 0.207 e. The van der Waals surface area contributed by atoms with Crippen LogP contribution in [0.2, 0.25) is 0 Å². The molecule has 1 N–H and O–H groups in total. The highest BCUT2D eigenvalue weighted by Gasteiger charge is 1.87. The van der Waals surface area contributed by atoms with Crippen LogP contribution in [0.5, 0.6) is 0 Å². The van der Waals surface area contributed by atoms with E-state index >= 15 is 0 Å². The molecule has 0 aliphatic carbocycles. The van der Waals surface area contributed by atoms with Gasteiger partial charge in [-0.15, -0.1) is 0 Å². The molecule has 0 heterocycles. The fourth-order valence-corrected chi connectivity index (χ4v) is 0.192. The van der Waals surface area contributed by atoms with Crippen molar-refractivity contribution in [1.82, 2.24) is 5.32 Å². The van der Waals surface area contributed by atoms with Crippen molar-refractivity contribution in [2.75, 3.05) is 20.8 Å². The van der Waals surface area contributed by atoms with Crippen molar-refractivity contribution in [3.05, 3.63) is 0 Å². The lowest BCUT2D eigenvalue weighted by atomic mass is 10.7. The SMILES string of the molecule is COC(C)OC.O=CCNC=O. The average Bonchev–Trinajstić information content (AvgIpc) is 2.14. The molecule has 5 heteroatoms. The molecule has 72 valence electrons. The highest BCUT2D eigenvalue weighted by Crippen LogP contribution is 1.82. The number of ether oxygens (including phenoxy) is 2. The van der Waals surface area contributed by atoms with Gasteiger partial charge in [0.05, 0.1) is 6.54 Å². The summed E-state index contributed by atoms with van der Waals surface area (Å²) < 4.78 is 9.35. The summed E-state index contributed by atoms with van der Waals surface area (Å²) in [6.45, 7) is 1.95. The standard InChI is InChI=1S/C4H10O2.C3H5NO2/c1-4(5-2)6-3;5-2-1-4-3-6/h4H,1-3H3;2-3H,1H2,(H,4,6). The Hall–Kier alpha value is -0.940. The Balaban J connectivity index is 0. The Kier molecular flexibility index (Phi) is 14.4. The number of carbonyl (C=O) groups is 2. The zero-order valence-corrected chi connectivity index (χ0v) is 7.57. The van der Waals surface area contributed by atoms with E-state index in [0.29, 0.717) is 12.7 Å². The van der Waals surface area contributed by atoms with Crippen molar-refractivity contribution < 1.29 is 19.1 Å². The summed E-state index contributed by atoms with van der Waals surface area (Å²) in [6.07, 6.45) is 1.04. The first-order chi connectivity index (χ1) is 5.72. The van der Waals surface area contributed by atoms with Crippen LogP contribution in [-0.4, -0.2) is 39.8 Å². The van der Waals surface area contributed by atoms with Gasteiger partial charge in [-0.2, -0.15) is 0 Å². The van der Waals surface area contributed by atoms with Gasteiger partial charge in [0.1, 0.15) is 6.29 Å². The van der Waals surface area contributed by atoms with E-state index in [1.165, 1.54) is 0 Å². The molecule has 0 aliphatic heterocycles. The Morgan fingerprint density at radius 2 is 1.83 bits per heavy atom. The molecule has 5 nitrogen and oxygen atoms in total. The fourth-order valence-electron chi connectivity index (χ4n) is 0.192. The first-order valence-corrected chi connectivity index (χ1v) is 3.39. The second-order valence-corrected chi connectivity index (χ2v) is 1.73. The molecule has 0 aliphatic rings. The average molecular weight is 177 g/mol. The lowest BCUT2D eigenvalue weighted by Gasteiger charge is -2.03. The number of carbonyl (C=O) groups excluding carboxylic acids is 2. The summed E-state index contributed by atoms with van der Waals surface area (Å²) in [7, 11) is 3.21. The minimum Gasteiger partial charge on any atom is -0.356 e. The molecule has 0 spiro atoms. The van der Waals surface area contributed by atoms with Crippen molar-refractivity contribution >= 4 is 12.7 Å². The van der Waals surface area contributed by atoms with Crippen molar-refractivity contribution in [2.45, 2.75) is 13.2 Å². The summed E-state index contributed by atoms with van der Waals surface area (Å²) in [4.78, 5) is 18.6. The highest BCUT2D eigenvalue weighted by atomic mass is 16.7. The van der Waals surface area contributed by atoms with Crippen LogP contribution in [-0.2, 0) is 19.1 Å². The molecular weight excluding hydrogens is 162 g/mol. The summed E-state index contributed by atoms with van der Waals surface area (Å²) in [6, 6.07) is 0. The fraction of sp³-hybridized carbons (Fsp3) is 0.714. The Bertz CT molecular complexity index is 95.6. The smallest absolute Gasteiger partial charge is 0.207 e. The van der Waals surface area contributed by atoms with Crippen molar-refractivity contribution in [3.8, 4) is 0 Å². The molecule has 12 heavy (non-hydrogen) atoms. The predicted octanol–water partition coefficient (Wildman–Crippen LogP) is -0.444. The summed E-state index contributed by atoms with van der Waals surface area (Å²) in [5.41, 5.74) is 0. The van der Waals surface area contributed by atoms with Crippen LogP contribution < -0.4 is 5.32 Å². The highest BCUT2D eigenvalue weighted by molar-refractivity contribution is 5.58. The van der Waals surface area contributed by atoms with Crippen LogP contribution in [0.1, 0.15) is 6.92 Å². The predicted molar refractivity (Wildman–Crippen MR) is 43.6 cm³/mol. The number of hydrogen-bond acceptors (Lipinski definition) is 4. The van der Waals surface area contributed by atoms with E-state index in [4.69, 9.17) is 0 Å². The first-order valence-electron chi connectivity index (χ1n) is 3.39. The zero-order valence-electron chi connectivity index (χ0n) is 7.57. The van der Waals surface area contributed by atoms with Crippen molar-refractivity contribution in [3.63, 3.8) is 0 Å². The van der Waals surface area contributed by atoms with Gasteiger partial charge in [-0.1, -0.05) is 0 Å². The molecule has 0 fully saturated rings. The molecule has 0 saturated heterocycles. The van der Waals surface area contributed by atoms with Crippen LogP contribution in [0.3, 0.4) is 0 Å². The van der Waals surface area contributed by atoms with Crippen molar-refractivity contribution in [1.29, 1.82) is 0 Å². The largest absolute Gasteiger partial charge is 0.356 e. The molecule has 0 unspecified atom stereocenters. The van der Waals surface area contributed by atoms with E-state index in [9.17, 15) is 9.59 Å². The van der Waals surface area contributed by atoms with Gasteiger partial charge >= 0.3 is 0 Å². The molecule has 0 saturated carbocycles. The number of hydrogen-bond donors (Lipinski definition) is 1. The lowest BCUT2D eigenvalue weighted by Crippen LogP contribution is -2.12. The maximum atomic E-state index is 9.34. The topological polar surface area (TPSA) is 64.6 Å². The number of nitrogens with one attached hydrogen (secondary N) is 1. The third-order valence-corrected chi connectivity index (χ3v) is 0.948. The van der Waals surface area contributed by atoms with Crippen LogP contribution in [0, 0.1) is 0 Å². The summed E-state index contributed by atoms with van der Waals surface area (Å²) in [5.74, 6) is 0. The normalized spacial score (nSPS) is 8.33. The van der Waals surface area contributed by atoms with E-state index in [0.717, 1.165) is 0 Å². The number of rotatable bonds is 5. The molecule has 0 atom stereocenters. The van der Waals surface area contributed by atoms with Crippen LogP contribution in [0.4, 0.5) is 0 Å². The summed E-state index contributed by atoms with van der Waals surface area (Å²) in [5, 5.41) is 2.15. The first kappa shape index (κ1) is 13.6. The third-order valence-electron chi connectivity index (χ3n) is 0.948. The van der Waals surface area contributed by atoms with Gasteiger partial charge in [-0.05, 0) is 6.92 Å². The second-order valence-electron chi connectivity index (χ2n) is 1.73. The summed E-state index contributed by atoms with van der Waals surface area (Å²) >= 11 is 0. The van der Waals surface area contributed by atoms with Crippen molar-refractivity contribution in [2.24, 2.45) is 0 Å². The monoisotopic (exact) mass is 177 g/mol. The Morgan fingerprint density at radius 1 is 1.33 bits per heavy atom. The minimum absolute atomic E-state index is 0.0648. The van der Waals surface area contributed by atoms with Gasteiger partial charge in [0.15, 0.2) is 6.29 Å². The van der Waals surface area contributed by atoms with Gasteiger partial charge < -0.3 is 19.6 Å². The molecule has 0 bridgehead atoms. The van der Waals surface area contributed by atoms with E-state index in [-0.39, 0.29) is 12.8 Å². The van der Waals surface area contributed by atoms with E-state index < -0.39 is 0 Å².